The summed E-state index contributed by atoms with van der Waals surface area (Å²) in [6, 6.07) is 17.2. The number of anilines is 1. The fraction of sp³-hybridized carbons (Fsp3) is 0.240. The van der Waals surface area contributed by atoms with Crippen molar-refractivity contribution >= 4 is 11.6 Å². The topological polar surface area (TPSA) is 73.0 Å². The SMILES string of the molecule is CCc1ccc(C(=O)Nc2ccc(-c3nc(Cn4nc(C)cc4C)c(C)o3)cc2)cc1. The highest BCUT2D eigenvalue weighted by atomic mass is 16.4. The van der Waals surface area contributed by atoms with E-state index in [-0.39, 0.29) is 5.91 Å². The first-order chi connectivity index (χ1) is 14.9. The second-order valence-corrected chi connectivity index (χ2v) is 7.69. The predicted octanol–water partition coefficient (Wildman–Crippen LogP) is 5.33. The number of carbonyl (C=O) groups excluding carboxylic acids is 1. The molecular formula is C25H26N4O2. The number of oxazole rings is 1. The molecule has 158 valence electrons. The molecule has 0 atom stereocenters. The van der Waals surface area contributed by atoms with Crippen molar-refractivity contribution in [2.45, 2.75) is 40.7 Å². The highest BCUT2D eigenvalue weighted by Crippen LogP contribution is 2.24. The van der Waals surface area contributed by atoms with E-state index in [0.29, 0.717) is 18.0 Å². The molecule has 0 saturated heterocycles. The molecule has 1 amide bonds. The standard InChI is InChI=1S/C25H26N4O2/c1-5-19-6-8-20(9-7-19)24(30)26-22-12-10-21(11-13-22)25-27-23(18(4)31-25)15-29-17(3)14-16(2)28-29/h6-14H,5,15H2,1-4H3,(H,26,30). The van der Waals surface area contributed by atoms with Crippen molar-refractivity contribution in [1.29, 1.82) is 0 Å². The van der Waals surface area contributed by atoms with E-state index < -0.39 is 0 Å². The first kappa shape index (κ1) is 20.6. The van der Waals surface area contributed by atoms with Crippen LogP contribution in [0.4, 0.5) is 5.69 Å². The van der Waals surface area contributed by atoms with Crippen LogP contribution in [-0.4, -0.2) is 20.7 Å². The Hall–Kier alpha value is -3.67. The van der Waals surface area contributed by atoms with E-state index in [1.165, 1.54) is 5.56 Å². The highest BCUT2D eigenvalue weighted by molar-refractivity contribution is 6.04. The lowest BCUT2D eigenvalue weighted by molar-refractivity contribution is 0.102. The molecule has 6 nitrogen and oxygen atoms in total. The number of aryl methyl sites for hydroxylation is 4. The molecule has 0 radical (unpaired) electrons. The number of hydrogen-bond donors (Lipinski definition) is 1. The summed E-state index contributed by atoms with van der Waals surface area (Å²) in [7, 11) is 0. The largest absolute Gasteiger partial charge is 0.441 e. The number of aromatic nitrogens is 3. The lowest BCUT2D eigenvalue weighted by Crippen LogP contribution is -2.11. The van der Waals surface area contributed by atoms with Gasteiger partial charge in [-0.2, -0.15) is 5.10 Å². The van der Waals surface area contributed by atoms with Crippen molar-refractivity contribution in [2.24, 2.45) is 0 Å². The normalized spacial score (nSPS) is 11.0. The molecule has 31 heavy (non-hydrogen) atoms. The zero-order valence-electron chi connectivity index (χ0n) is 18.3. The molecular weight excluding hydrogens is 388 g/mol. The molecule has 4 aromatic rings. The van der Waals surface area contributed by atoms with Crippen LogP contribution in [0.25, 0.3) is 11.5 Å². The molecule has 0 bridgehead atoms. The maximum absolute atomic E-state index is 12.5. The van der Waals surface area contributed by atoms with Crippen LogP contribution in [0.3, 0.4) is 0 Å². The van der Waals surface area contributed by atoms with Gasteiger partial charge in [0.1, 0.15) is 11.5 Å². The van der Waals surface area contributed by atoms with Crippen LogP contribution >= 0.6 is 0 Å². The van der Waals surface area contributed by atoms with Gasteiger partial charge in [-0.1, -0.05) is 19.1 Å². The smallest absolute Gasteiger partial charge is 0.255 e. The summed E-state index contributed by atoms with van der Waals surface area (Å²) < 4.78 is 7.82. The molecule has 6 heteroatoms. The average molecular weight is 415 g/mol. The molecule has 0 saturated carbocycles. The fourth-order valence-electron chi connectivity index (χ4n) is 3.47. The van der Waals surface area contributed by atoms with Crippen LogP contribution in [0, 0.1) is 20.8 Å². The Bertz CT molecular complexity index is 1200. The van der Waals surface area contributed by atoms with Crippen LogP contribution in [0.5, 0.6) is 0 Å². The molecule has 2 aromatic heterocycles. The molecule has 0 fully saturated rings. The second-order valence-electron chi connectivity index (χ2n) is 7.69. The quantitative estimate of drug-likeness (QED) is 0.463. The summed E-state index contributed by atoms with van der Waals surface area (Å²) >= 11 is 0. The van der Waals surface area contributed by atoms with E-state index in [1.54, 1.807) is 0 Å². The number of carbonyl (C=O) groups is 1. The van der Waals surface area contributed by atoms with Gasteiger partial charge in [-0.05, 0) is 75.2 Å². The number of nitrogens with one attached hydrogen (secondary N) is 1. The van der Waals surface area contributed by atoms with E-state index >= 15 is 0 Å². The van der Waals surface area contributed by atoms with Gasteiger partial charge in [0.2, 0.25) is 5.89 Å². The van der Waals surface area contributed by atoms with Gasteiger partial charge in [0.05, 0.1) is 12.2 Å². The number of hydrogen-bond acceptors (Lipinski definition) is 4. The Morgan fingerprint density at radius 1 is 1.03 bits per heavy atom. The van der Waals surface area contributed by atoms with Gasteiger partial charge in [0, 0.05) is 22.5 Å². The first-order valence-corrected chi connectivity index (χ1v) is 10.4. The summed E-state index contributed by atoms with van der Waals surface area (Å²) in [5, 5.41) is 7.43. The minimum atomic E-state index is -0.130. The van der Waals surface area contributed by atoms with Gasteiger partial charge >= 0.3 is 0 Å². The van der Waals surface area contributed by atoms with E-state index in [1.807, 2.05) is 80.1 Å². The number of nitrogens with zero attached hydrogens (tertiary/aromatic N) is 3. The summed E-state index contributed by atoms with van der Waals surface area (Å²) in [4.78, 5) is 17.1. The third kappa shape index (κ3) is 4.58. The van der Waals surface area contributed by atoms with Crippen LogP contribution in [0.1, 0.15) is 45.7 Å². The summed E-state index contributed by atoms with van der Waals surface area (Å²) in [5.74, 6) is 1.20. The molecule has 2 heterocycles. The fourth-order valence-corrected chi connectivity index (χ4v) is 3.47. The van der Waals surface area contributed by atoms with Crippen molar-refractivity contribution in [3.8, 4) is 11.5 Å². The molecule has 2 aromatic carbocycles. The maximum atomic E-state index is 12.5. The Balaban J connectivity index is 1.46. The number of benzene rings is 2. The zero-order chi connectivity index (χ0) is 22.0. The van der Waals surface area contributed by atoms with E-state index in [2.05, 4.69) is 22.3 Å². The molecule has 0 spiro atoms. The van der Waals surface area contributed by atoms with Crippen LogP contribution in [0.15, 0.2) is 59.0 Å². The Labute approximate surface area is 181 Å². The monoisotopic (exact) mass is 414 g/mol. The minimum absolute atomic E-state index is 0.130. The van der Waals surface area contributed by atoms with Crippen molar-refractivity contribution in [1.82, 2.24) is 14.8 Å². The van der Waals surface area contributed by atoms with Crippen LogP contribution in [-0.2, 0) is 13.0 Å². The molecule has 4 rings (SSSR count). The minimum Gasteiger partial charge on any atom is -0.441 e. The molecule has 0 unspecified atom stereocenters. The van der Waals surface area contributed by atoms with Crippen molar-refractivity contribution in [3.63, 3.8) is 0 Å². The maximum Gasteiger partial charge on any atom is 0.255 e. The third-order valence-electron chi connectivity index (χ3n) is 5.31. The van der Waals surface area contributed by atoms with Crippen LogP contribution in [0.2, 0.25) is 0 Å². The van der Waals surface area contributed by atoms with Crippen molar-refractivity contribution in [2.75, 3.05) is 5.32 Å². The molecule has 0 aliphatic rings. The molecule has 1 N–H and O–H groups in total. The summed E-state index contributed by atoms with van der Waals surface area (Å²) in [5.41, 5.74) is 6.35. The number of amides is 1. The molecule has 0 aliphatic heterocycles. The zero-order valence-corrected chi connectivity index (χ0v) is 18.3. The van der Waals surface area contributed by atoms with Gasteiger partial charge < -0.3 is 9.73 Å². The lowest BCUT2D eigenvalue weighted by atomic mass is 10.1. The number of rotatable bonds is 6. The van der Waals surface area contributed by atoms with Crippen molar-refractivity contribution < 1.29 is 9.21 Å². The average Bonchev–Trinajstić information content (AvgIpc) is 3.29. The Morgan fingerprint density at radius 3 is 2.35 bits per heavy atom. The van der Waals surface area contributed by atoms with Gasteiger partial charge in [-0.15, -0.1) is 0 Å². The van der Waals surface area contributed by atoms with Crippen LogP contribution < -0.4 is 5.32 Å². The van der Waals surface area contributed by atoms with Gasteiger partial charge in [-0.25, -0.2) is 4.98 Å². The first-order valence-electron chi connectivity index (χ1n) is 10.4. The summed E-state index contributed by atoms with van der Waals surface area (Å²) in [6.07, 6.45) is 0.951. The van der Waals surface area contributed by atoms with Gasteiger partial charge in [-0.3, -0.25) is 9.48 Å². The van der Waals surface area contributed by atoms with Gasteiger partial charge in [0.15, 0.2) is 0 Å². The third-order valence-corrected chi connectivity index (χ3v) is 5.31. The van der Waals surface area contributed by atoms with Crippen molar-refractivity contribution in [3.05, 3.63) is 88.6 Å². The summed E-state index contributed by atoms with van der Waals surface area (Å²) in [6.45, 7) is 8.58. The lowest BCUT2D eigenvalue weighted by Gasteiger charge is -2.06. The molecule has 0 aliphatic carbocycles. The van der Waals surface area contributed by atoms with Gasteiger partial charge in [0.25, 0.3) is 5.91 Å². The highest BCUT2D eigenvalue weighted by Gasteiger charge is 2.14. The van der Waals surface area contributed by atoms with E-state index in [9.17, 15) is 4.79 Å². The Kier molecular flexibility index (Phi) is 5.71. The van der Waals surface area contributed by atoms with E-state index in [4.69, 9.17) is 4.42 Å². The Morgan fingerprint density at radius 2 is 1.74 bits per heavy atom. The second kappa shape index (κ2) is 8.60. The van der Waals surface area contributed by atoms with E-state index in [0.717, 1.165) is 40.5 Å². The predicted molar refractivity (Wildman–Crippen MR) is 121 cm³/mol.